The Balaban J connectivity index is 2.90. The minimum Gasteiger partial charge on any atom is -0.478 e. The van der Waals surface area contributed by atoms with Gasteiger partial charge in [-0.25, -0.2) is 14.8 Å². The molecular weight excluding hydrogens is 274 g/mol. The van der Waals surface area contributed by atoms with Gasteiger partial charge in [-0.2, -0.15) is 5.26 Å². The number of carboxylic acids is 1. The number of nitrogens with zero attached hydrogens (tertiary/aromatic N) is 3. The molecule has 1 aromatic rings. The van der Waals surface area contributed by atoms with Crippen LogP contribution in [-0.4, -0.2) is 26.8 Å². The molecule has 0 spiro atoms. The quantitative estimate of drug-likeness (QED) is 0.471. The van der Waals surface area contributed by atoms with E-state index in [0.29, 0.717) is 23.0 Å². The molecule has 1 rings (SSSR count). The van der Waals surface area contributed by atoms with E-state index in [4.69, 9.17) is 5.26 Å². The van der Waals surface area contributed by atoms with Crippen LogP contribution in [-0.2, 0) is 0 Å². The molecule has 6 heteroatoms. The SMILES string of the molecule is Cc1nc(C(C)C)nc(SCCCCC#N)c1C(=O)O. The molecule has 0 aliphatic heterocycles. The van der Waals surface area contributed by atoms with E-state index in [2.05, 4.69) is 16.0 Å². The summed E-state index contributed by atoms with van der Waals surface area (Å²) in [5.41, 5.74) is 0.704. The van der Waals surface area contributed by atoms with Gasteiger partial charge in [-0.3, -0.25) is 0 Å². The van der Waals surface area contributed by atoms with Crippen LogP contribution in [0, 0.1) is 18.3 Å². The van der Waals surface area contributed by atoms with Crippen LogP contribution in [0.15, 0.2) is 5.03 Å². The van der Waals surface area contributed by atoms with Gasteiger partial charge in [0.2, 0.25) is 0 Å². The lowest BCUT2D eigenvalue weighted by atomic mass is 10.2. The van der Waals surface area contributed by atoms with Gasteiger partial charge in [0, 0.05) is 12.3 Å². The molecule has 0 aliphatic carbocycles. The van der Waals surface area contributed by atoms with Crippen LogP contribution in [0.3, 0.4) is 0 Å². The first-order chi connectivity index (χ1) is 9.47. The van der Waals surface area contributed by atoms with E-state index in [1.54, 1.807) is 6.92 Å². The number of unbranched alkanes of at least 4 members (excludes halogenated alkanes) is 2. The number of aryl methyl sites for hydroxylation is 1. The van der Waals surface area contributed by atoms with Crippen molar-refractivity contribution in [2.24, 2.45) is 0 Å². The number of aromatic carboxylic acids is 1. The Hall–Kier alpha value is -1.61. The van der Waals surface area contributed by atoms with Crippen molar-refractivity contribution in [2.75, 3.05) is 5.75 Å². The van der Waals surface area contributed by atoms with Gasteiger partial charge in [-0.1, -0.05) is 13.8 Å². The van der Waals surface area contributed by atoms with Crippen molar-refractivity contribution in [1.82, 2.24) is 9.97 Å². The third-order valence-electron chi connectivity index (χ3n) is 2.73. The zero-order valence-corrected chi connectivity index (χ0v) is 12.8. The van der Waals surface area contributed by atoms with Crippen molar-refractivity contribution in [3.63, 3.8) is 0 Å². The van der Waals surface area contributed by atoms with E-state index < -0.39 is 5.97 Å². The highest BCUT2D eigenvalue weighted by atomic mass is 32.2. The molecule has 0 unspecified atom stereocenters. The normalized spacial score (nSPS) is 10.6. The smallest absolute Gasteiger partial charge is 0.340 e. The molecule has 108 valence electrons. The summed E-state index contributed by atoms with van der Waals surface area (Å²) in [5.74, 6) is 0.606. The summed E-state index contributed by atoms with van der Waals surface area (Å²) in [7, 11) is 0. The number of nitriles is 1. The Labute approximate surface area is 123 Å². The highest BCUT2D eigenvalue weighted by Gasteiger charge is 2.19. The highest BCUT2D eigenvalue weighted by Crippen LogP contribution is 2.25. The summed E-state index contributed by atoms with van der Waals surface area (Å²) < 4.78 is 0. The minimum atomic E-state index is -0.989. The molecule has 1 N–H and O–H groups in total. The van der Waals surface area contributed by atoms with Gasteiger partial charge in [0.05, 0.1) is 11.8 Å². The number of hydrogen-bond acceptors (Lipinski definition) is 5. The van der Waals surface area contributed by atoms with Gasteiger partial charge in [-0.15, -0.1) is 11.8 Å². The molecule has 1 heterocycles. The predicted octanol–water partition coefficient (Wildman–Crippen LogP) is 3.39. The Bertz CT molecular complexity index is 524. The van der Waals surface area contributed by atoms with Crippen LogP contribution >= 0.6 is 11.8 Å². The summed E-state index contributed by atoms with van der Waals surface area (Å²) in [6.07, 6.45) is 2.23. The lowest BCUT2D eigenvalue weighted by Gasteiger charge is -2.11. The predicted molar refractivity (Wildman–Crippen MR) is 78.0 cm³/mol. The summed E-state index contributed by atoms with van der Waals surface area (Å²) >= 11 is 1.43. The summed E-state index contributed by atoms with van der Waals surface area (Å²) in [6, 6.07) is 2.10. The van der Waals surface area contributed by atoms with E-state index in [1.165, 1.54) is 11.8 Å². The fourth-order valence-electron chi connectivity index (χ4n) is 1.65. The molecule has 0 fully saturated rings. The first-order valence-corrected chi connectivity index (χ1v) is 7.57. The lowest BCUT2D eigenvalue weighted by Crippen LogP contribution is -2.10. The topological polar surface area (TPSA) is 86.9 Å². The largest absolute Gasteiger partial charge is 0.478 e. The molecule has 0 saturated carbocycles. The molecule has 0 atom stereocenters. The van der Waals surface area contributed by atoms with Crippen molar-refractivity contribution in [3.05, 3.63) is 17.1 Å². The Morgan fingerprint density at radius 3 is 2.65 bits per heavy atom. The van der Waals surface area contributed by atoms with Crippen molar-refractivity contribution >= 4 is 17.7 Å². The molecule has 20 heavy (non-hydrogen) atoms. The summed E-state index contributed by atoms with van der Waals surface area (Å²) in [5, 5.41) is 18.3. The first kappa shape index (κ1) is 16.4. The molecule has 0 saturated heterocycles. The Morgan fingerprint density at radius 1 is 1.40 bits per heavy atom. The van der Waals surface area contributed by atoms with Crippen LogP contribution in [0.2, 0.25) is 0 Å². The zero-order chi connectivity index (χ0) is 15.1. The van der Waals surface area contributed by atoms with Gasteiger partial charge in [0.15, 0.2) is 0 Å². The van der Waals surface area contributed by atoms with Gasteiger partial charge in [0.25, 0.3) is 0 Å². The number of thioether (sulfide) groups is 1. The van der Waals surface area contributed by atoms with Crippen LogP contribution in [0.4, 0.5) is 0 Å². The molecule has 0 amide bonds. The van der Waals surface area contributed by atoms with E-state index in [9.17, 15) is 9.90 Å². The maximum Gasteiger partial charge on any atom is 0.340 e. The third-order valence-corrected chi connectivity index (χ3v) is 3.79. The summed E-state index contributed by atoms with van der Waals surface area (Å²) in [4.78, 5) is 20.0. The van der Waals surface area contributed by atoms with Gasteiger partial charge >= 0.3 is 5.97 Å². The minimum absolute atomic E-state index is 0.162. The Morgan fingerprint density at radius 2 is 2.10 bits per heavy atom. The zero-order valence-electron chi connectivity index (χ0n) is 12.0. The fraction of sp³-hybridized carbons (Fsp3) is 0.571. The Kier molecular flexibility index (Phi) is 6.46. The number of hydrogen-bond donors (Lipinski definition) is 1. The second-order valence-corrected chi connectivity index (χ2v) is 5.85. The molecule has 0 radical (unpaired) electrons. The van der Waals surface area contributed by atoms with Crippen LogP contribution in [0.1, 0.15) is 60.9 Å². The van der Waals surface area contributed by atoms with E-state index >= 15 is 0 Å². The molecule has 0 aliphatic rings. The van der Waals surface area contributed by atoms with Crippen LogP contribution in [0.25, 0.3) is 0 Å². The van der Waals surface area contributed by atoms with E-state index in [1.807, 2.05) is 13.8 Å². The number of rotatable bonds is 7. The second-order valence-electron chi connectivity index (χ2n) is 4.77. The van der Waals surface area contributed by atoms with Crippen molar-refractivity contribution in [2.45, 2.75) is 51.0 Å². The van der Waals surface area contributed by atoms with Crippen molar-refractivity contribution in [1.29, 1.82) is 5.26 Å². The second kappa shape index (κ2) is 7.85. The molecule has 1 aromatic heterocycles. The number of aromatic nitrogens is 2. The van der Waals surface area contributed by atoms with Crippen LogP contribution < -0.4 is 0 Å². The fourth-order valence-corrected chi connectivity index (χ4v) is 2.73. The lowest BCUT2D eigenvalue weighted by molar-refractivity contribution is 0.0690. The van der Waals surface area contributed by atoms with Crippen LogP contribution in [0.5, 0.6) is 0 Å². The first-order valence-electron chi connectivity index (χ1n) is 6.59. The van der Waals surface area contributed by atoms with Gasteiger partial charge < -0.3 is 5.11 Å². The average Bonchev–Trinajstić information content (AvgIpc) is 2.37. The average molecular weight is 293 g/mol. The molecule has 0 aromatic carbocycles. The standard InChI is InChI=1S/C14H19N3O2S/c1-9(2)12-16-10(3)11(14(18)19)13(17-12)20-8-6-4-5-7-15/h9H,4-6,8H2,1-3H3,(H,18,19). The maximum atomic E-state index is 11.3. The van der Waals surface area contributed by atoms with Crippen molar-refractivity contribution in [3.8, 4) is 6.07 Å². The van der Waals surface area contributed by atoms with E-state index in [0.717, 1.165) is 18.6 Å². The third kappa shape index (κ3) is 4.49. The molecule has 5 nitrogen and oxygen atoms in total. The van der Waals surface area contributed by atoms with Gasteiger partial charge in [-0.05, 0) is 25.5 Å². The van der Waals surface area contributed by atoms with Crippen molar-refractivity contribution < 1.29 is 9.90 Å². The monoisotopic (exact) mass is 293 g/mol. The molecule has 0 bridgehead atoms. The highest BCUT2D eigenvalue weighted by molar-refractivity contribution is 7.99. The summed E-state index contributed by atoms with van der Waals surface area (Å²) in [6.45, 7) is 5.67. The maximum absolute atomic E-state index is 11.3. The number of carboxylic acid groups (broad SMARTS) is 1. The molecular formula is C14H19N3O2S. The van der Waals surface area contributed by atoms with Gasteiger partial charge in [0.1, 0.15) is 16.4 Å². The number of carbonyl (C=O) groups is 1. The van der Waals surface area contributed by atoms with E-state index in [-0.39, 0.29) is 11.5 Å².